The molecule has 0 bridgehead atoms. The lowest BCUT2D eigenvalue weighted by Crippen LogP contribution is -2.57. The molecule has 406 valence electrons. The molecule has 0 saturated carbocycles. The Hall–Kier alpha value is -7.72. The van der Waals surface area contributed by atoms with Crippen LogP contribution in [0.15, 0.2) is 64.6 Å². The van der Waals surface area contributed by atoms with Crippen molar-refractivity contribution in [1.29, 1.82) is 0 Å². The summed E-state index contributed by atoms with van der Waals surface area (Å²) in [6.07, 6.45) is 3.30. The molecule has 2 aliphatic heterocycles. The third kappa shape index (κ3) is 18.3. The summed E-state index contributed by atoms with van der Waals surface area (Å²) in [5, 5.41) is 13.7. The van der Waals surface area contributed by atoms with E-state index in [1.807, 2.05) is 30.3 Å². The lowest BCUT2D eigenvalue weighted by atomic mass is 9.90. The number of aliphatic imine (C=N–C) groups is 2. The molecule has 0 spiro atoms. The maximum absolute atomic E-state index is 14.7. The molecule has 2 aromatic rings. The third-order valence-corrected chi connectivity index (χ3v) is 13.5. The van der Waals surface area contributed by atoms with Crippen molar-refractivity contribution in [2.45, 2.75) is 146 Å². The Kier molecular flexibility index (Phi) is 22.2. The summed E-state index contributed by atoms with van der Waals surface area (Å²) < 4.78 is 14.2. The van der Waals surface area contributed by atoms with E-state index in [0.717, 1.165) is 16.7 Å². The second kappa shape index (κ2) is 28.7. The quantitative estimate of drug-likeness (QED) is 0.0599. The number of hydrogen-bond acceptors (Lipinski definition) is 11. The van der Waals surface area contributed by atoms with Gasteiger partial charge in [-0.15, -0.1) is 0 Å². The van der Waals surface area contributed by atoms with Crippen molar-refractivity contribution in [2.24, 2.45) is 44.6 Å². The Morgan fingerprint density at radius 3 is 2.16 bits per heavy atom. The standard InChI is InChI=1S/C52H72FN13O9/c1-30(67)61-39(14-7-25-60-52(57)58)47(72)63-40-23-22-36(68)11-3-5-13-38(45(54)70)62-48(73)42(28-33-19-18-32-9-2-4-12-37(32)33)65-46(71)34(10-6-24-59-51(55)56)29-44(69)41(27-31-16-20-35(53)21-17-31)64-49(74)43-15-8-26-66(43)50(40)75/h2,4,9,12,16-17,19-21,34,38-43H,3,5-8,10-11,13-15,18,22-29H2,1H3,(H2,54,70)(H,61,67)(H,62,73)(H,63,72)(H,64,74)(H,65,71)(H4,55,56,59)(H4,57,58,60)/t34?,38-,39?,40-,41+,42-,43-/m0/s1. The molecule has 7 atom stereocenters. The summed E-state index contributed by atoms with van der Waals surface area (Å²) in [6.45, 7) is 1.54. The van der Waals surface area contributed by atoms with Gasteiger partial charge in [-0.2, -0.15) is 0 Å². The number of ketones is 2. The van der Waals surface area contributed by atoms with Crippen LogP contribution >= 0.6 is 0 Å². The lowest BCUT2D eigenvalue weighted by Gasteiger charge is -2.31. The van der Waals surface area contributed by atoms with Gasteiger partial charge in [-0.05, 0) is 105 Å². The number of rotatable bonds is 16. The Bertz CT molecular complexity index is 2490. The molecule has 1 aliphatic carbocycles. The van der Waals surface area contributed by atoms with Gasteiger partial charge < -0.3 is 60.2 Å². The Morgan fingerprint density at radius 1 is 0.773 bits per heavy atom. The molecule has 0 aromatic heterocycles. The van der Waals surface area contributed by atoms with Gasteiger partial charge in [0.05, 0.1) is 6.04 Å². The monoisotopic (exact) mass is 1040 g/mol. The van der Waals surface area contributed by atoms with Crippen molar-refractivity contribution in [1.82, 2.24) is 31.5 Å². The van der Waals surface area contributed by atoms with E-state index >= 15 is 0 Å². The molecule has 0 radical (unpaired) electrons. The Labute approximate surface area is 435 Å². The van der Waals surface area contributed by atoms with Gasteiger partial charge in [0, 0.05) is 58.2 Å². The molecule has 2 aromatic carbocycles. The molecule has 75 heavy (non-hydrogen) atoms. The number of halogens is 1. The number of primary amides is 1. The van der Waals surface area contributed by atoms with Gasteiger partial charge in [-0.3, -0.25) is 53.1 Å². The Morgan fingerprint density at radius 2 is 1.47 bits per heavy atom. The first-order valence-electron chi connectivity index (χ1n) is 25.5. The van der Waals surface area contributed by atoms with Gasteiger partial charge in [0.15, 0.2) is 17.7 Å². The number of guanidine groups is 2. The third-order valence-electron chi connectivity index (χ3n) is 13.5. The van der Waals surface area contributed by atoms with Gasteiger partial charge in [0.25, 0.3) is 0 Å². The van der Waals surface area contributed by atoms with Crippen molar-refractivity contribution in [3.63, 3.8) is 0 Å². The fraction of sp³-hybridized carbons (Fsp3) is 0.519. The van der Waals surface area contributed by atoms with E-state index in [9.17, 15) is 47.5 Å². The maximum Gasteiger partial charge on any atom is 0.245 e. The van der Waals surface area contributed by atoms with Gasteiger partial charge in [-0.25, -0.2) is 4.39 Å². The van der Waals surface area contributed by atoms with Gasteiger partial charge >= 0.3 is 0 Å². The van der Waals surface area contributed by atoms with Crippen LogP contribution in [0.5, 0.6) is 0 Å². The lowest BCUT2D eigenvalue weighted by molar-refractivity contribution is -0.142. The molecule has 2 unspecified atom stereocenters. The number of amides is 7. The number of carbonyl (C=O) groups is 9. The topological polar surface area (TPSA) is 372 Å². The minimum absolute atomic E-state index is 0.00261. The van der Waals surface area contributed by atoms with Crippen LogP contribution in [0.25, 0.3) is 5.57 Å². The average molecular weight is 1040 g/mol. The molecular formula is C52H72FN13O9. The number of benzene rings is 2. The van der Waals surface area contributed by atoms with E-state index in [2.05, 4.69) is 36.6 Å². The van der Waals surface area contributed by atoms with Crippen LogP contribution < -0.4 is 55.3 Å². The van der Waals surface area contributed by atoms with Crippen LogP contribution in [-0.4, -0.2) is 126 Å². The number of nitrogens with one attached hydrogen (secondary N) is 5. The van der Waals surface area contributed by atoms with Crippen molar-refractivity contribution in [3.8, 4) is 0 Å². The smallest absolute Gasteiger partial charge is 0.245 e. The SMILES string of the molecule is CC(=O)NC(CCCN=C(N)N)C(=O)N[C@H]1CCC(=O)CCCC[C@@H](C(N)=O)NC(=O)[C@H](CC2=CCc3ccccc32)NC(=O)C(CCCN=C(N)N)CC(=O)[C@@H](Cc2ccc(F)cc2)NC(=O)[C@@H]2CCCN2C1=O. The second-order valence-electron chi connectivity index (χ2n) is 19.3. The zero-order valence-corrected chi connectivity index (χ0v) is 42.5. The molecular weight excluding hydrogens is 970 g/mol. The highest BCUT2D eigenvalue weighted by Gasteiger charge is 2.40. The predicted octanol–water partition coefficient (Wildman–Crippen LogP) is -0.0759. The molecule has 7 amide bonds. The minimum Gasteiger partial charge on any atom is -0.370 e. The zero-order valence-electron chi connectivity index (χ0n) is 42.5. The van der Waals surface area contributed by atoms with E-state index in [4.69, 9.17) is 28.7 Å². The number of Topliss-reactive ketones (excluding diaryl/α,β-unsaturated/α-hetero) is 2. The van der Waals surface area contributed by atoms with Gasteiger partial charge in [-0.1, -0.05) is 48.9 Å². The van der Waals surface area contributed by atoms with Crippen molar-refractivity contribution in [3.05, 3.63) is 77.1 Å². The molecule has 2 fully saturated rings. The van der Waals surface area contributed by atoms with Gasteiger partial charge in [0.1, 0.15) is 41.8 Å². The maximum atomic E-state index is 14.7. The highest BCUT2D eigenvalue weighted by molar-refractivity contribution is 5.98. The van der Waals surface area contributed by atoms with Crippen molar-refractivity contribution >= 4 is 70.4 Å². The van der Waals surface area contributed by atoms with E-state index in [1.54, 1.807) is 0 Å². The molecule has 3 aliphatic rings. The highest BCUT2D eigenvalue weighted by atomic mass is 19.1. The first kappa shape index (κ1) is 58.2. The van der Waals surface area contributed by atoms with Crippen LogP contribution in [0.3, 0.4) is 0 Å². The summed E-state index contributed by atoms with van der Waals surface area (Å²) in [5.41, 5.74) is 31.0. The molecule has 22 nitrogen and oxygen atoms in total. The summed E-state index contributed by atoms with van der Waals surface area (Å²) >= 11 is 0. The molecule has 15 N–H and O–H groups in total. The molecule has 2 heterocycles. The molecule has 2 saturated heterocycles. The van der Waals surface area contributed by atoms with E-state index in [1.165, 1.54) is 36.1 Å². The van der Waals surface area contributed by atoms with Crippen molar-refractivity contribution < 1.29 is 47.5 Å². The number of carbonyl (C=O) groups excluding carboxylic acids is 9. The number of hydrogen-bond donors (Lipinski definition) is 10. The number of allylic oxidation sites excluding steroid dienone is 1. The van der Waals surface area contributed by atoms with Crippen molar-refractivity contribution in [2.75, 3.05) is 19.6 Å². The van der Waals surface area contributed by atoms with E-state index in [-0.39, 0.29) is 121 Å². The fourth-order valence-electron chi connectivity index (χ4n) is 9.60. The van der Waals surface area contributed by atoms with Crippen LogP contribution in [0.2, 0.25) is 0 Å². The molecule has 23 heteroatoms. The normalized spacial score (nSPS) is 22.7. The number of nitrogens with zero attached hydrogens (tertiary/aromatic N) is 3. The first-order valence-corrected chi connectivity index (χ1v) is 25.5. The summed E-state index contributed by atoms with van der Waals surface area (Å²) in [7, 11) is 0. The van der Waals surface area contributed by atoms with Crippen LogP contribution in [-0.2, 0) is 56.0 Å². The Balaban J connectivity index is 1.51. The van der Waals surface area contributed by atoms with Gasteiger partial charge in [0.2, 0.25) is 41.4 Å². The summed E-state index contributed by atoms with van der Waals surface area (Å²) in [5.74, 6) is -7.79. The predicted molar refractivity (Wildman–Crippen MR) is 278 cm³/mol. The second-order valence-corrected chi connectivity index (χ2v) is 19.3. The number of fused-ring (bicyclic) bond motifs is 2. The van der Waals surface area contributed by atoms with E-state index < -0.39 is 102 Å². The average Bonchev–Trinajstić information content (AvgIpc) is 4.03. The zero-order chi connectivity index (χ0) is 54.6. The van der Waals surface area contributed by atoms with Crippen LogP contribution in [0.4, 0.5) is 4.39 Å². The number of nitrogens with two attached hydrogens (primary N) is 5. The van der Waals surface area contributed by atoms with E-state index in [0.29, 0.717) is 18.4 Å². The summed E-state index contributed by atoms with van der Waals surface area (Å²) in [4.78, 5) is 135. The fourth-order valence-corrected chi connectivity index (χ4v) is 9.60. The highest BCUT2D eigenvalue weighted by Crippen LogP contribution is 2.31. The minimum atomic E-state index is -1.35. The summed E-state index contributed by atoms with van der Waals surface area (Å²) in [6, 6.07) is 5.49. The first-order chi connectivity index (χ1) is 35.8. The van der Waals surface area contributed by atoms with Crippen LogP contribution in [0.1, 0.15) is 114 Å². The molecule has 5 rings (SSSR count). The van der Waals surface area contributed by atoms with Crippen LogP contribution in [0, 0.1) is 11.7 Å². The largest absolute Gasteiger partial charge is 0.370 e.